The van der Waals surface area contributed by atoms with Gasteiger partial charge >= 0.3 is 0 Å². The molecule has 2 aliphatic heterocycles. The van der Waals surface area contributed by atoms with E-state index in [1.807, 2.05) is 54.5 Å². The van der Waals surface area contributed by atoms with Crippen LogP contribution in [0.4, 0.5) is 5.82 Å². The van der Waals surface area contributed by atoms with Crippen LogP contribution in [-0.4, -0.2) is 50.0 Å². The number of hydrogen-bond acceptors (Lipinski definition) is 9. The lowest BCUT2D eigenvalue weighted by molar-refractivity contribution is -0.119. The second-order valence-electron chi connectivity index (χ2n) is 11.1. The molecular formula is C30H33N7O3S. The Hall–Kier alpha value is -3.96. The highest BCUT2D eigenvalue weighted by Gasteiger charge is 2.34. The number of aromatic nitrogens is 4. The molecule has 0 bridgehead atoms. The van der Waals surface area contributed by atoms with E-state index in [1.54, 1.807) is 28.4 Å². The van der Waals surface area contributed by atoms with E-state index in [0.717, 1.165) is 41.9 Å². The van der Waals surface area contributed by atoms with Gasteiger partial charge < -0.3 is 15.1 Å². The van der Waals surface area contributed by atoms with Crippen LogP contribution in [0.2, 0.25) is 0 Å². The van der Waals surface area contributed by atoms with Gasteiger partial charge in [-0.3, -0.25) is 14.5 Å². The summed E-state index contributed by atoms with van der Waals surface area (Å²) in [5.41, 5.74) is 8.46. The molecule has 2 saturated heterocycles. The first-order valence-electron chi connectivity index (χ1n) is 14.0. The summed E-state index contributed by atoms with van der Waals surface area (Å²) in [5.74, 6) is 0.682. The number of hydrogen-bond donors (Lipinski definition) is 1. The Kier molecular flexibility index (Phi) is 7.39. The zero-order valence-corrected chi connectivity index (χ0v) is 24.1. The molecule has 0 radical (unpaired) electrons. The van der Waals surface area contributed by atoms with Crippen molar-refractivity contribution in [3.05, 3.63) is 75.6 Å². The molecule has 1 aromatic carbocycles. The number of thiazole rings is 1. The number of nitrogens with zero attached hydrogens (tertiary/aromatic N) is 6. The van der Waals surface area contributed by atoms with Crippen molar-refractivity contribution < 1.29 is 14.0 Å². The second-order valence-corrected chi connectivity index (χ2v) is 12.0. The van der Waals surface area contributed by atoms with Crippen LogP contribution in [0.1, 0.15) is 77.6 Å². The summed E-state index contributed by atoms with van der Waals surface area (Å²) in [6.45, 7) is 4.98. The summed E-state index contributed by atoms with van der Waals surface area (Å²) in [7, 11) is 0. The van der Waals surface area contributed by atoms with Gasteiger partial charge in [0.25, 0.3) is 11.8 Å². The van der Waals surface area contributed by atoms with E-state index in [0.29, 0.717) is 43.0 Å². The van der Waals surface area contributed by atoms with Crippen molar-refractivity contribution in [1.29, 1.82) is 0 Å². The Morgan fingerprint density at radius 3 is 2.71 bits per heavy atom. The van der Waals surface area contributed by atoms with Gasteiger partial charge in [-0.1, -0.05) is 30.3 Å². The van der Waals surface area contributed by atoms with Gasteiger partial charge in [-0.2, -0.15) is 0 Å². The van der Waals surface area contributed by atoms with E-state index in [4.69, 9.17) is 15.1 Å². The number of aryl methyl sites for hydroxylation is 1. The van der Waals surface area contributed by atoms with Crippen molar-refractivity contribution in [3.63, 3.8) is 0 Å². The Morgan fingerprint density at radius 2 is 1.95 bits per heavy atom. The van der Waals surface area contributed by atoms with E-state index in [1.165, 1.54) is 0 Å². The third-order valence-corrected chi connectivity index (χ3v) is 8.70. The molecule has 0 saturated carbocycles. The highest BCUT2D eigenvalue weighted by molar-refractivity contribution is 7.09. The average Bonchev–Trinajstić information content (AvgIpc) is 3.74. The molecular weight excluding hydrogens is 538 g/mol. The average molecular weight is 572 g/mol. The monoisotopic (exact) mass is 571 g/mol. The minimum absolute atomic E-state index is 0.0137. The number of likely N-dealkylation sites (tertiary alicyclic amines) is 1. The predicted octanol–water partition coefficient (Wildman–Crippen LogP) is 4.81. The van der Waals surface area contributed by atoms with Gasteiger partial charge in [-0.25, -0.2) is 9.97 Å². The Labute approximate surface area is 242 Å². The first-order valence-corrected chi connectivity index (χ1v) is 14.9. The van der Waals surface area contributed by atoms with Crippen LogP contribution < -0.4 is 10.6 Å². The van der Waals surface area contributed by atoms with E-state index in [9.17, 15) is 9.59 Å². The summed E-state index contributed by atoms with van der Waals surface area (Å²) in [4.78, 5) is 39.7. The Morgan fingerprint density at radius 1 is 1.12 bits per heavy atom. The van der Waals surface area contributed by atoms with E-state index in [-0.39, 0.29) is 29.6 Å². The number of nitrogens with two attached hydrogens (primary N) is 1. The Balaban J connectivity index is 1.35. The van der Waals surface area contributed by atoms with Gasteiger partial charge in [0, 0.05) is 36.1 Å². The third-order valence-electron chi connectivity index (χ3n) is 7.64. The number of piperidine rings is 1. The first-order chi connectivity index (χ1) is 19.8. The number of rotatable bonds is 7. The fraction of sp³-hybridized carbons (Fsp3) is 0.400. The van der Waals surface area contributed by atoms with Crippen molar-refractivity contribution in [2.24, 2.45) is 5.73 Å². The lowest BCUT2D eigenvalue weighted by Gasteiger charge is -2.27. The standard InChI is InChI=1S/C30H33N7O3S/c1-19-18-41-27(32-19)23-11-8-14-36(23)28(39)21-15-22(33-24(16-21)37-13-7-6-12-25(37)38)26-34-35-29(40-26)30(2,31)17-20-9-4-3-5-10-20/h3-5,9-10,15-16,18,23H,6-8,11-14,17,31H2,1-2H3. The van der Waals surface area contributed by atoms with Gasteiger partial charge in [-0.15, -0.1) is 21.5 Å². The molecule has 4 aromatic rings. The Bertz CT molecular complexity index is 1570. The molecule has 3 aromatic heterocycles. The molecule has 11 heteroatoms. The molecule has 10 nitrogen and oxygen atoms in total. The van der Waals surface area contributed by atoms with E-state index >= 15 is 0 Å². The number of anilines is 1. The zero-order valence-electron chi connectivity index (χ0n) is 23.2. The molecule has 2 atom stereocenters. The van der Waals surface area contributed by atoms with Crippen molar-refractivity contribution in [2.75, 3.05) is 18.0 Å². The molecule has 41 heavy (non-hydrogen) atoms. The predicted molar refractivity (Wildman–Crippen MR) is 155 cm³/mol. The van der Waals surface area contributed by atoms with Crippen LogP contribution in [0.5, 0.6) is 0 Å². The fourth-order valence-corrected chi connectivity index (χ4v) is 6.49. The summed E-state index contributed by atoms with van der Waals surface area (Å²) in [6.07, 6.45) is 4.41. The maximum Gasteiger partial charge on any atom is 0.266 e. The van der Waals surface area contributed by atoms with Gasteiger partial charge in [0.2, 0.25) is 11.8 Å². The zero-order chi connectivity index (χ0) is 28.6. The van der Waals surface area contributed by atoms with E-state index in [2.05, 4.69) is 15.2 Å². The number of pyridine rings is 1. The summed E-state index contributed by atoms with van der Waals surface area (Å²) in [5, 5.41) is 11.5. The smallest absolute Gasteiger partial charge is 0.266 e. The topological polar surface area (TPSA) is 131 Å². The molecule has 212 valence electrons. The van der Waals surface area contributed by atoms with Gasteiger partial charge in [0.1, 0.15) is 16.5 Å². The minimum Gasteiger partial charge on any atom is -0.417 e. The first kappa shape index (κ1) is 27.2. The molecule has 5 heterocycles. The number of benzene rings is 1. The maximum absolute atomic E-state index is 14.0. The van der Waals surface area contributed by atoms with Crippen LogP contribution in [0.25, 0.3) is 11.6 Å². The molecule has 0 aliphatic carbocycles. The van der Waals surface area contributed by atoms with Crippen LogP contribution in [0.15, 0.2) is 52.3 Å². The SMILES string of the molecule is Cc1csc(C2CCCN2C(=O)c2cc(-c3nnc(C(C)(N)Cc4ccccc4)o3)nc(N3CCCCC3=O)c2)n1. The molecule has 2 amide bonds. The van der Waals surface area contributed by atoms with E-state index < -0.39 is 5.54 Å². The van der Waals surface area contributed by atoms with Crippen molar-refractivity contribution in [1.82, 2.24) is 25.1 Å². The summed E-state index contributed by atoms with van der Waals surface area (Å²) in [6, 6.07) is 13.2. The fourth-order valence-electron chi connectivity index (χ4n) is 5.55. The van der Waals surface area contributed by atoms with Crippen molar-refractivity contribution >= 4 is 29.0 Å². The molecule has 2 N–H and O–H groups in total. The molecule has 6 rings (SSSR count). The van der Waals surface area contributed by atoms with Crippen LogP contribution in [0.3, 0.4) is 0 Å². The van der Waals surface area contributed by atoms with Crippen LogP contribution in [-0.2, 0) is 16.8 Å². The van der Waals surface area contributed by atoms with Gasteiger partial charge in [0.05, 0.1) is 11.6 Å². The van der Waals surface area contributed by atoms with Crippen LogP contribution >= 0.6 is 11.3 Å². The highest BCUT2D eigenvalue weighted by atomic mass is 32.1. The molecule has 2 fully saturated rings. The normalized spacial score (nSPS) is 19.0. The highest BCUT2D eigenvalue weighted by Crippen LogP contribution is 2.36. The summed E-state index contributed by atoms with van der Waals surface area (Å²) < 4.78 is 6.08. The molecule has 0 spiro atoms. The van der Waals surface area contributed by atoms with Crippen molar-refractivity contribution in [3.8, 4) is 11.6 Å². The second kappa shape index (κ2) is 11.1. The minimum atomic E-state index is -0.916. The van der Waals surface area contributed by atoms with Crippen molar-refractivity contribution in [2.45, 2.75) is 64.0 Å². The van der Waals surface area contributed by atoms with Gasteiger partial charge in [0.15, 0.2) is 0 Å². The largest absolute Gasteiger partial charge is 0.417 e. The molecule has 2 aliphatic rings. The lowest BCUT2D eigenvalue weighted by Crippen LogP contribution is -2.36. The number of amides is 2. The lowest BCUT2D eigenvalue weighted by atomic mass is 9.94. The maximum atomic E-state index is 14.0. The van der Waals surface area contributed by atoms with Crippen LogP contribution in [0, 0.1) is 6.92 Å². The van der Waals surface area contributed by atoms with Gasteiger partial charge in [-0.05, 0) is 63.6 Å². The third kappa shape index (κ3) is 5.64. The number of carbonyl (C=O) groups excluding carboxylic acids is 2. The number of carbonyl (C=O) groups is 2. The summed E-state index contributed by atoms with van der Waals surface area (Å²) >= 11 is 1.58. The molecule has 2 unspecified atom stereocenters. The quantitative estimate of drug-likeness (QED) is 0.334.